The fourth-order valence-corrected chi connectivity index (χ4v) is 1.87. The Balaban J connectivity index is 2.24. The van der Waals surface area contributed by atoms with E-state index in [9.17, 15) is 4.79 Å². The van der Waals surface area contributed by atoms with Crippen molar-refractivity contribution in [2.24, 2.45) is 0 Å². The Labute approximate surface area is 82.9 Å². The summed E-state index contributed by atoms with van der Waals surface area (Å²) >= 11 is 0. The molecule has 1 unspecified atom stereocenters. The second-order valence-electron chi connectivity index (χ2n) is 3.44. The molecule has 4 heteroatoms. The van der Waals surface area contributed by atoms with E-state index in [0.717, 1.165) is 19.5 Å². The lowest BCUT2D eigenvalue weighted by atomic mass is 10.2. The third-order valence-electron chi connectivity index (χ3n) is 2.60. The van der Waals surface area contributed by atoms with E-state index in [1.165, 1.54) is 7.11 Å². The van der Waals surface area contributed by atoms with Gasteiger partial charge in [-0.1, -0.05) is 0 Å². The molecule has 1 N–H and O–H groups in total. The smallest absolute Gasteiger partial charge is 0.354 e. The van der Waals surface area contributed by atoms with Crippen LogP contribution in [0.1, 0.15) is 23.0 Å². The van der Waals surface area contributed by atoms with Gasteiger partial charge in [0.25, 0.3) is 0 Å². The maximum atomic E-state index is 11.4. The minimum absolute atomic E-state index is 0.262. The van der Waals surface area contributed by atoms with Crippen molar-refractivity contribution in [3.8, 4) is 0 Å². The van der Waals surface area contributed by atoms with Gasteiger partial charge in [-0.05, 0) is 25.1 Å². The summed E-state index contributed by atoms with van der Waals surface area (Å²) in [5.74, 6) is -0.262. The molecule has 76 valence electrons. The number of rotatable bonds is 2. The van der Waals surface area contributed by atoms with Crippen LogP contribution in [0.5, 0.6) is 0 Å². The van der Waals surface area contributed by atoms with Crippen molar-refractivity contribution in [1.29, 1.82) is 0 Å². The average molecular weight is 194 g/mol. The summed E-state index contributed by atoms with van der Waals surface area (Å²) in [6.45, 7) is 1.95. The van der Waals surface area contributed by atoms with E-state index in [2.05, 4.69) is 5.32 Å². The highest BCUT2D eigenvalue weighted by atomic mass is 16.5. The molecule has 1 saturated heterocycles. The van der Waals surface area contributed by atoms with Crippen LogP contribution < -0.4 is 5.32 Å². The van der Waals surface area contributed by atoms with Gasteiger partial charge in [0.2, 0.25) is 0 Å². The lowest BCUT2D eigenvalue weighted by Gasteiger charge is -2.13. The van der Waals surface area contributed by atoms with Gasteiger partial charge in [0, 0.05) is 18.8 Å². The van der Waals surface area contributed by atoms with E-state index in [1.54, 1.807) is 6.07 Å². The zero-order valence-corrected chi connectivity index (χ0v) is 8.19. The van der Waals surface area contributed by atoms with Crippen molar-refractivity contribution >= 4 is 5.97 Å². The molecule has 1 fully saturated rings. The van der Waals surface area contributed by atoms with Gasteiger partial charge < -0.3 is 14.6 Å². The maximum absolute atomic E-state index is 11.4. The predicted molar refractivity (Wildman–Crippen MR) is 52.3 cm³/mol. The molecule has 0 aliphatic carbocycles. The Hall–Kier alpha value is -1.29. The van der Waals surface area contributed by atoms with Crippen molar-refractivity contribution in [3.63, 3.8) is 0 Å². The molecule has 0 spiro atoms. The summed E-state index contributed by atoms with van der Waals surface area (Å²) in [5, 5.41) is 3.27. The van der Waals surface area contributed by atoms with Crippen molar-refractivity contribution in [2.75, 3.05) is 20.2 Å². The highest BCUT2D eigenvalue weighted by molar-refractivity contribution is 5.87. The molecule has 0 bridgehead atoms. The van der Waals surface area contributed by atoms with Crippen LogP contribution >= 0.6 is 0 Å². The van der Waals surface area contributed by atoms with E-state index in [0.29, 0.717) is 11.7 Å². The molecule has 0 saturated carbocycles. The first-order valence-electron chi connectivity index (χ1n) is 4.79. The van der Waals surface area contributed by atoms with E-state index < -0.39 is 0 Å². The summed E-state index contributed by atoms with van der Waals surface area (Å²) in [6.07, 6.45) is 3.00. The molecule has 1 aromatic rings. The molecule has 1 aliphatic heterocycles. The number of hydrogen-bond acceptors (Lipinski definition) is 3. The summed E-state index contributed by atoms with van der Waals surface area (Å²) < 4.78 is 6.71. The summed E-state index contributed by atoms with van der Waals surface area (Å²) in [5.41, 5.74) is 0.640. The quantitative estimate of drug-likeness (QED) is 0.708. The first-order chi connectivity index (χ1) is 6.83. The van der Waals surface area contributed by atoms with Crippen LogP contribution in [0.15, 0.2) is 18.3 Å². The molecule has 14 heavy (non-hydrogen) atoms. The van der Waals surface area contributed by atoms with Gasteiger partial charge in [0.15, 0.2) is 0 Å². The Kier molecular flexibility index (Phi) is 2.54. The van der Waals surface area contributed by atoms with E-state index in [4.69, 9.17) is 4.74 Å². The first kappa shape index (κ1) is 9.27. The van der Waals surface area contributed by atoms with Crippen LogP contribution in [0.4, 0.5) is 0 Å². The monoisotopic (exact) mass is 194 g/mol. The number of hydrogen-bond donors (Lipinski definition) is 1. The van der Waals surface area contributed by atoms with Gasteiger partial charge in [0.05, 0.1) is 7.11 Å². The lowest BCUT2D eigenvalue weighted by molar-refractivity contribution is 0.0586. The molecule has 1 aromatic heterocycles. The van der Waals surface area contributed by atoms with Gasteiger partial charge in [-0.3, -0.25) is 0 Å². The zero-order chi connectivity index (χ0) is 9.97. The molecule has 4 nitrogen and oxygen atoms in total. The number of methoxy groups -OCH3 is 1. The number of esters is 1. The normalized spacial score (nSPS) is 21.1. The van der Waals surface area contributed by atoms with E-state index in [1.807, 2.05) is 16.8 Å². The number of ether oxygens (including phenoxy) is 1. The first-order valence-corrected chi connectivity index (χ1v) is 4.79. The number of aromatic nitrogens is 1. The van der Waals surface area contributed by atoms with E-state index in [-0.39, 0.29) is 5.97 Å². The number of carbonyl (C=O) groups excluding carboxylic acids is 1. The summed E-state index contributed by atoms with van der Waals surface area (Å²) in [6, 6.07) is 4.06. The minimum atomic E-state index is -0.262. The topological polar surface area (TPSA) is 43.3 Å². The molecule has 0 aromatic carbocycles. The number of nitrogens with one attached hydrogen (secondary N) is 1. The van der Waals surface area contributed by atoms with Gasteiger partial charge in [-0.25, -0.2) is 4.79 Å². The van der Waals surface area contributed by atoms with Crippen LogP contribution in [0.3, 0.4) is 0 Å². The predicted octanol–water partition coefficient (Wildman–Crippen LogP) is 0.809. The fourth-order valence-electron chi connectivity index (χ4n) is 1.87. The van der Waals surface area contributed by atoms with Crippen molar-refractivity contribution in [3.05, 3.63) is 24.0 Å². The Bertz CT molecular complexity index is 327. The number of nitrogens with zero attached hydrogens (tertiary/aromatic N) is 1. The van der Waals surface area contributed by atoms with Crippen LogP contribution in [0.2, 0.25) is 0 Å². The molecule has 2 rings (SSSR count). The van der Waals surface area contributed by atoms with Crippen molar-refractivity contribution < 1.29 is 9.53 Å². The largest absolute Gasteiger partial charge is 0.464 e. The van der Waals surface area contributed by atoms with Crippen molar-refractivity contribution in [1.82, 2.24) is 9.88 Å². The van der Waals surface area contributed by atoms with Gasteiger partial charge >= 0.3 is 5.97 Å². The van der Waals surface area contributed by atoms with Crippen LogP contribution in [-0.2, 0) is 4.74 Å². The second-order valence-corrected chi connectivity index (χ2v) is 3.44. The Morgan fingerprint density at radius 3 is 3.21 bits per heavy atom. The molecule has 1 aliphatic rings. The molecule has 2 heterocycles. The van der Waals surface area contributed by atoms with Crippen LogP contribution in [-0.4, -0.2) is 30.7 Å². The standard InChI is InChI=1S/C10H14N2O2/c1-14-10(13)9-3-2-6-12(9)8-4-5-11-7-8/h2-3,6,8,11H,4-5,7H2,1H3. The fraction of sp³-hybridized carbons (Fsp3) is 0.500. The summed E-state index contributed by atoms with van der Waals surface area (Å²) in [4.78, 5) is 11.4. The molecule has 0 radical (unpaired) electrons. The SMILES string of the molecule is COC(=O)c1cccn1C1CCNC1. The van der Waals surface area contributed by atoms with Crippen molar-refractivity contribution in [2.45, 2.75) is 12.5 Å². The highest BCUT2D eigenvalue weighted by Crippen LogP contribution is 2.18. The number of carbonyl (C=O) groups is 1. The third-order valence-corrected chi connectivity index (χ3v) is 2.60. The average Bonchev–Trinajstić information content (AvgIpc) is 2.85. The van der Waals surface area contributed by atoms with Gasteiger partial charge in [-0.2, -0.15) is 0 Å². The third kappa shape index (κ3) is 1.53. The molecule has 0 amide bonds. The Morgan fingerprint density at radius 2 is 2.57 bits per heavy atom. The Morgan fingerprint density at radius 1 is 1.71 bits per heavy atom. The summed E-state index contributed by atoms with van der Waals surface area (Å²) in [7, 11) is 1.41. The molecule has 1 atom stereocenters. The lowest BCUT2D eigenvalue weighted by Crippen LogP contribution is -2.17. The van der Waals surface area contributed by atoms with Gasteiger partial charge in [-0.15, -0.1) is 0 Å². The maximum Gasteiger partial charge on any atom is 0.354 e. The van der Waals surface area contributed by atoms with Crippen LogP contribution in [0, 0.1) is 0 Å². The van der Waals surface area contributed by atoms with Gasteiger partial charge in [0.1, 0.15) is 5.69 Å². The van der Waals surface area contributed by atoms with E-state index >= 15 is 0 Å². The zero-order valence-electron chi connectivity index (χ0n) is 8.19. The second kappa shape index (κ2) is 3.84. The molecular weight excluding hydrogens is 180 g/mol. The van der Waals surface area contributed by atoms with Crippen LogP contribution in [0.25, 0.3) is 0 Å². The molecular formula is C10H14N2O2. The minimum Gasteiger partial charge on any atom is -0.464 e. The highest BCUT2D eigenvalue weighted by Gasteiger charge is 2.20.